The maximum absolute atomic E-state index is 11.6. The Labute approximate surface area is 122 Å². The number of methoxy groups -OCH3 is 3. The van der Waals surface area contributed by atoms with Gasteiger partial charge in [-0.15, -0.1) is 0 Å². The number of benzene rings is 1. The summed E-state index contributed by atoms with van der Waals surface area (Å²) in [5.41, 5.74) is 1.67. The van der Waals surface area contributed by atoms with Crippen LogP contribution in [0.4, 0.5) is 0 Å². The molecule has 0 spiro atoms. The Balaban J connectivity index is 2.61. The Morgan fingerprint density at radius 2 is 1.71 bits per heavy atom. The monoisotopic (exact) mass is 288 g/mol. The van der Waals surface area contributed by atoms with E-state index >= 15 is 0 Å². The van der Waals surface area contributed by atoms with Crippen molar-refractivity contribution in [1.29, 1.82) is 5.26 Å². The SMILES string of the molecule is COc1cc(C2=C(C#N)CCC(=O)N2)cc(OC)c1OC. The molecular weight excluding hydrogens is 272 g/mol. The third-order valence-electron chi connectivity index (χ3n) is 3.26. The first-order valence-corrected chi connectivity index (χ1v) is 6.38. The second-order valence-corrected chi connectivity index (χ2v) is 4.43. The van der Waals surface area contributed by atoms with Crippen molar-refractivity contribution in [2.24, 2.45) is 0 Å². The Hall–Kier alpha value is -2.68. The maximum atomic E-state index is 11.6. The molecule has 110 valence electrons. The minimum Gasteiger partial charge on any atom is -0.493 e. The van der Waals surface area contributed by atoms with E-state index in [2.05, 4.69) is 11.4 Å². The first-order chi connectivity index (χ1) is 10.1. The number of hydrogen-bond acceptors (Lipinski definition) is 5. The smallest absolute Gasteiger partial charge is 0.224 e. The lowest BCUT2D eigenvalue weighted by atomic mass is 9.99. The zero-order valence-corrected chi connectivity index (χ0v) is 12.1. The lowest BCUT2D eigenvalue weighted by Gasteiger charge is -2.20. The van der Waals surface area contributed by atoms with Crippen LogP contribution in [0.3, 0.4) is 0 Å². The number of nitrogens with one attached hydrogen (secondary N) is 1. The second kappa shape index (κ2) is 6.18. The molecule has 0 aromatic heterocycles. The number of rotatable bonds is 4. The minimum atomic E-state index is -0.113. The molecule has 21 heavy (non-hydrogen) atoms. The zero-order valence-electron chi connectivity index (χ0n) is 12.1. The summed E-state index contributed by atoms with van der Waals surface area (Å²) in [4.78, 5) is 11.6. The number of hydrogen-bond donors (Lipinski definition) is 1. The largest absolute Gasteiger partial charge is 0.493 e. The van der Waals surface area contributed by atoms with Crippen molar-refractivity contribution in [3.8, 4) is 23.3 Å². The van der Waals surface area contributed by atoms with E-state index in [9.17, 15) is 10.1 Å². The van der Waals surface area contributed by atoms with Gasteiger partial charge in [-0.2, -0.15) is 5.26 Å². The molecule has 6 nitrogen and oxygen atoms in total. The van der Waals surface area contributed by atoms with Crippen LogP contribution in [0.2, 0.25) is 0 Å². The molecule has 0 saturated carbocycles. The second-order valence-electron chi connectivity index (χ2n) is 4.43. The van der Waals surface area contributed by atoms with Gasteiger partial charge in [0, 0.05) is 12.0 Å². The molecule has 1 N–H and O–H groups in total. The molecular formula is C15H16N2O4. The van der Waals surface area contributed by atoms with Crippen LogP contribution in [0.15, 0.2) is 17.7 Å². The van der Waals surface area contributed by atoms with E-state index in [1.54, 1.807) is 12.1 Å². The molecule has 1 heterocycles. The molecule has 1 aliphatic heterocycles. The third kappa shape index (κ3) is 2.77. The van der Waals surface area contributed by atoms with Crippen molar-refractivity contribution in [2.45, 2.75) is 12.8 Å². The molecule has 0 aliphatic carbocycles. The summed E-state index contributed by atoms with van der Waals surface area (Å²) in [6.07, 6.45) is 0.741. The zero-order chi connectivity index (χ0) is 15.4. The number of carbonyl (C=O) groups is 1. The van der Waals surface area contributed by atoms with Gasteiger partial charge in [-0.25, -0.2) is 0 Å². The molecule has 0 unspecified atom stereocenters. The molecule has 1 aromatic rings. The van der Waals surface area contributed by atoms with E-state index in [0.29, 0.717) is 46.9 Å². The molecule has 1 amide bonds. The predicted molar refractivity (Wildman–Crippen MR) is 76.0 cm³/mol. The normalized spacial score (nSPS) is 14.3. The van der Waals surface area contributed by atoms with E-state index < -0.39 is 0 Å². The number of nitriles is 1. The highest BCUT2D eigenvalue weighted by atomic mass is 16.5. The maximum Gasteiger partial charge on any atom is 0.224 e. The van der Waals surface area contributed by atoms with E-state index in [-0.39, 0.29) is 5.91 Å². The van der Waals surface area contributed by atoms with E-state index in [4.69, 9.17) is 14.2 Å². The Kier molecular flexibility index (Phi) is 4.33. The van der Waals surface area contributed by atoms with Crippen LogP contribution in [-0.4, -0.2) is 27.2 Å². The molecule has 0 saturated heterocycles. The lowest BCUT2D eigenvalue weighted by Crippen LogP contribution is -2.26. The quantitative estimate of drug-likeness (QED) is 0.914. The number of allylic oxidation sites excluding steroid dienone is 1. The summed E-state index contributed by atoms with van der Waals surface area (Å²) in [6.45, 7) is 0. The fourth-order valence-electron chi connectivity index (χ4n) is 2.22. The fourth-order valence-corrected chi connectivity index (χ4v) is 2.22. The molecule has 2 rings (SSSR count). The Bertz CT molecular complexity index is 619. The van der Waals surface area contributed by atoms with Crippen LogP contribution in [-0.2, 0) is 4.79 Å². The Morgan fingerprint density at radius 3 is 2.19 bits per heavy atom. The summed E-state index contributed by atoms with van der Waals surface area (Å²) in [6, 6.07) is 5.54. The molecule has 1 aromatic carbocycles. The van der Waals surface area contributed by atoms with Crippen LogP contribution in [0, 0.1) is 11.3 Å². The van der Waals surface area contributed by atoms with Crippen LogP contribution in [0.25, 0.3) is 5.70 Å². The predicted octanol–water partition coefficient (Wildman–Crippen LogP) is 1.86. The number of ether oxygens (including phenoxy) is 3. The number of nitrogens with zero attached hydrogens (tertiary/aromatic N) is 1. The average molecular weight is 288 g/mol. The third-order valence-corrected chi connectivity index (χ3v) is 3.26. The highest BCUT2D eigenvalue weighted by molar-refractivity contribution is 5.92. The first kappa shape index (κ1) is 14.7. The molecule has 0 atom stereocenters. The number of amides is 1. The molecule has 1 aliphatic rings. The van der Waals surface area contributed by atoms with Gasteiger partial charge in [-0.1, -0.05) is 0 Å². The molecule has 0 fully saturated rings. The number of carbonyl (C=O) groups excluding carboxylic acids is 1. The summed E-state index contributed by atoms with van der Waals surface area (Å²) >= 11 is 0. The van der Waals surface area contributed by atoms with Crippen LogP contribution in [0.1, 0.15) is 18.4 Å². The van der Waals surface area contributed by atoms with Crippen molar-refractivity contribution < 1.29 is 19.0 Å². The minimum absolute atomic E-state index is 0.113. The summed E-state index contributed by atoms with van der Waals surface area (Å²) in [5, 5.41) is 12.0. The van der Waals surface area contributed by atoms with Gasteiger partial charge in [-0.05, 0) is 18.6 Å². The average Bonchev–Trinajstić information content (AvgIpc) is 2.53. The molecule has 6 heteroatoms. The lowest BCUT2D eigenvalue weighted by molar-refractivity contribution is -0.120. The van der Waals surface area contributed by atoms with E-state index in [1.807, 2.05) is 0 Å². The fraction of sp³-hybridized carbons (Fsp3) is 0.333. The van der Waals surface area contributed by atoms with Gasteiger partial charge in [0.05, 0.1) is 38.7 Å². The van der Waals surface area contributed by atoms with Crippen LogP contribution in [0.5, 0.6) is 17.2 Å². The summed E-state index contributed by atoms with van der Waals surface area (Å²) in [5.74, 6) is 1.29. The van der Waals surface area contributed by atoms with Crippen molar-refractivity contribution in [3.63, 3.8) is 0 Å². The van der Waals surface area contributed by atoms with Gasteiger partial charge < -0.3 is 19.5 Å². The topological polar surface area (TPSA) is 80.6 Å². The summed E-state index contributed by atoms with van der Waals surface area (Å²) in [7, 11) is 4.54. The van der Waals surface area contributed by atoms with Crippen molar-refractivity contribution >= 4 is 11.6 Å². The van der Waals surface area contributed by atoms with Crippen LogP contribution >= 0.6 is 0 Å². The highest BCUT2D eigenvalue weighted by Gasteiger charge is 2.22. The van der Waals surface area contributed by atoms with Crippen molar-refractivity contribution in [1.82, 2.24) is 5.32 Å². The molecule has 0 radical (unpaired) electrons. The molecule has 0 bridgehead atoms. The van der Waals surface area contributed by atoms with Gasteiger partial charge in [0.2, 0.25) is 11.7 Å². The standard InChI is InChI=1S/C15H16N2O4/c1-19-11-6-10(7-12(20-2)15(11)21-3)14-9(8-16)4-5-13(18)17-14/h6-7H,4-5H2,1-3H3,(H,17,18). The van der Waals surface area contributed by atoms with E-state index in [1.165, 1.54) is 21.3 Å². The Morgan fingerprint density at radius 1 is 1.10 bits per heavy atom. The van der Waals surface area contributed by atoms with Crippen LogP contribution < -0.4 is 19.5 Å². The van der Waals surface area contributed by atoms with Crippen molar-refractivity contribution in [3.05, 3.63) is 23.3 Å². The first-order valence-electron chi connectivity index (χ1n) is 6.38. The van der Waals surface area contributed by atoms with Gasteiger partial charge in [-0.3, -0.25) is 4.79 Å². The summed E-state index contributed by atoms with van der Waals surface area (Å²) < 4.78 is 15.8. The van der Waals surface area contributed by atoms with Gasteiger partial charge in [0.1, 0.15) is 0 Å². The van der Waals surface area contributed by atoms with E-state index in [0.717, 1.165) is 0 Å². The van der Waals surface area contributed by atoms with Gasteiger partial charge in [0.25, 0.3) is 0 Å². The van der Waals surface area contributed by atoms with Crippen molar-refractivity contribution in [2.75, 3.05) is 21.3 Å². The van der Waals surface area contributed by atoms with Gasteiger partial charge in [0.15, 0.2) is 11.5 Å². The highest BCUT2D eigenvalue weighted by Crippen LogP contribution is 2.40. The van der Waals surface area contributed by atoms with Gasteiger partial charge >= 0.3 is 0 Å².